The van der Waals surface area contributed by atoms with Gasteiger partial charge in [-0.05, 0) is 63.6 Å². The van der Waals surface area contributed by atoms with Crippen LogP contribution in [0.3, 0.4) is 0 Å². The molecule has 2 fully saturated rings. The van der Waals surface area contributed by atoms with E-state index in [2.05, 4.69) is 15.2 Å². The summed E-state index contributed by atoms with van der Waals surface area (Å²) in [5.41, 5.74) is 2.01. The minimum Gasteiger partial charge on any atom is -0.477 e. The van der Waals surface area contributed by atoms with Crippen LogP contribution >= 0.6 is 0 Å². The van der Waals surface area contributed by atoms with Gasteiger partial charge < -0.3 is 25.8 Å². The highest BCUT2D eigenvalue weighted by atomic mass is 16.4. The first-order valence-corrected chi connectivity index (χ1v) is 11.4. The molecule has 1 aliphatic carbocycles. The second-order valence-electron chi connectivity index (χ2n) is 9.50. The van der Waals surface area contributed by atoms with Crippen LogP contribution in [0.15, 0.2) is 36.4 Å². The van der Waals surface area contributed by atoms with Crippen LogP contribution in [0.1, 0.15) is 62.0 Å². The van der Waals surface area contributed by atoms with E-state index in [4.69, 9.17) is 5.41 Å². The van der Waals surface area contributed by atoms with Gasteiger partial charge in [-0.1, -0.05) is 24.6 Å². The highest BCUT2D eigenvalue weighted by Gasteiger charge is 2.34. The largest absolute Gasteiger partial charge is 0.477 e. The maximum Gasteiger partial charge on any atom is 0.354 e. The first-order chi connectivity index (χ1) is 15.2. The van der Waals surface area contributed by atoms with Crippen LogP contribution in [0.2, 0.25) is 0 Å². The van der Waals surface area contributed by atoms with Crippen molar-refractivity contribution >= 4 is 28.9 Å². The number of nitrogens with one attached hydrogen (secondary N) is 2. The second kappa shape index (κ2) is 8.90. The molecule has 0 amide bonds. The van der Waals surface area contributed by atoms with Gasteiger partial charge >= 0.3 is 5.97 Å². The fraction of sp³-hybridized carbons (Fsp3) is 0.480. The number of carboxylic acids is 1. The number of benzene rings is 1. The van der Waals surface area contributed by atoms with E-state index in [0.717, 1.165) is 43.5 Å². The van der Waals surface area contributed by atoms with Gasteiger partial charge in [0.2, 0.25) is 0 Å². The Morgan fingerprint density at radius 3 is 2.34 bits per heavy atom. The molecular formula is C25H32N4O3. The summed E-state index contributed by atoms with van der Waals surface area (Å²) in [6.07, 6.45) is 4.69. The molecule has 1 saturated heterocycles. The van der Waals surface area contributed by atoms with E-state index in [1.165, 1.54) is 0 Å². The molecule has 170 valence electrons. The molecule has 32 heavy (non-hydrogen) atoms. The molecule has 2 aliphatic rings. The van der Waals surface area contributed by atoms with Crippen molar-refractivity contribution in [2.45, 2.75) is 51.6 Å². The lowest BCUT2D eigenvalue weighted by molar-refractivity contribution is 0.00651. The molecule has 0 bridgehead atoms. The number of rotatable bonds is 7. The summed E-state index contributed by atoms with van der Waals surface area (Å²) in [6, 6.07) is 11.2. The zero-order valence-corrected chi connectivity index (χ0v) is 18.8. The number of pyridine rings is 1. The highest BCUT2D eigenvalue weighted by molar-refractivity contribution is 6.10. The number of anilines is 3. The maximum atomic E-state index is 11.9. The molecule has 1 aromatic carbocycles. The second-order valence-corrected chi connectivity index (χ2v) is 9.50. The Labute approximate surface area is 189 Å². The molecule has 4 N–H and O–H groups in total. The molecule has 2 aromatic rings. The van der Waals surface area contributed by atoms with Crippen molar-refractivity contribution in [3.05, 3.63) is 47.7 Å². The standard InChI is InChI=1S/C25H32N4O3/c1-25(2,32)17-11-13-29(14-12-17)20-15-19(24(30)31)28-23(27-18-9-4-3-5-10-18)21(20)22(26)16-7-6-8-16/h3-5,9-10,15-17,26,32H,6-8,11-14H2,1-2H3,(H,27,28)(H,30,31). The minimum absolute atomic E-state index is 0.0341. The SMILES string of the molecule is CC(C)(O)C1CCN(c2cc(C(=O)O)nc(Nc3ccccc3)c2C(=N)C2CCC2)CC1. The van der Waals surface area contributed by atoms with Crippen molar-refractivity contribution in [3.8, 4) is 0 Å². The van der Waals surface area contributed by atoms with Gasteiger partial charge in [-0.2, -0.15) is 0 Å². The Morgan fingerprint density at radius 2 is 1.81 bits per heavy atom. The molecule has 1 aromatic heterocycles. The number of carboxylic acid groups (broad SMARTS) is 1. The topological polar surface area (TPSA) is 110 Å². The van der Waals surface area contributed by atoms with Crippen molar-refractivity contribution in [2.75, 3.05) is 23.3 Å². The number of nitrogens with zero attached hydrogens (tertiary/aromatic N) is 2. The Hall–Kier alpha value is -2.93. The molecule has 0 spiro atoms. The van der Waals surface area contributed by atoms with Gasteiger partial charge in [0.1, 0.15) is 5.82 Å². The number of carbonyl (C=O) groups is 1. The molecule has 0 atom stereocenters. The van der Waals surface area contributed by atoms with E-state index in [0.29, 0.717) is 30.2 Å². The van der Waals surface area contributed by atoms with E-state index >= 15 is 0 Å². The van der Waals surface area contributed by atoms with Crippen LogP contribution < -0.4 is 10.2 Å². The van der Waals surface area contributed by atoms with Gasteiger partial charge in [-0.3, -0.25) is 0 Å². The zero-order valence-electron chi connectivity index (χ0n) is 18.8. The van der Waals surface area contributed by atoms with Gasteiger partial charge in [0.05, 0.1) is 16.9 Å². The molecule has 0 unspecified atom stereocenters. The lowest BCUT2D eigenvalue weighted by Gasteiger charge is -2.40. The molecular weight excluding hydrogens is 404 g/mol. The smallest absolute Gasteiger partial charge is 0.354 e. The third kappa shape index (κ3) is 4.63. The van der Waals surface area contributed by atoms with Crippen LogP contribution in [-0.2, 0) is 0 Å². The average Bonchev–Trinajstić information content (AvgIpc) is 2.72. The lowest BCUT2D eigenvalue weighted by Crippen LogP contribution is -2.42. The zero-order chi connectivity index (χ0) is 22.9. The van der Waals surface area contributed by atoms with Crippen molar-refractivity contribution in [1.82, 2.24) is 4.98 Å². The van der Waals surface area contributed by atoms with Gasteiger partial charge in [0, 0.05) is 30.4 Å². The van der Waals surface area contributed by atoms with E-state index < -0.39 is 11.6 Å². The number of piperidine rings is 1. The summed E-state index contributed by atoms with van der Waals surface area (Å²) >= 11 is 0. The molecule has 2 heterocycles. The third-order valence-electron chi connectivity index (χ3n) is 6.87. The molecule has 7 nitrogen and oxygen atoms in total. The van der Waals surface area contributed by atoms with Crippen molar-refractivity contribution in [1.29, 1.82) is 5.41 Å². The van der Waals surface area contributed by atoms with Crippen molar-refractivity contribution < 1.29 is 15.0 Å². The summed E-state index contributed by atoms with van der Waals surface area (Å²) in [5, 5.41) is 32.4. The molecule has 1 saturated carbocycles. The normalized spacial score (nSPS) is 17.7. The van der Waals surface area contributed by atoms with Gasteiger partial charge in [0.25, 0.3) is 0 Å². The minimum atomic E-state index is -1.09. The van der Waals surface area contributed by atoms with Crippen LogP contribution in [0.5, 0.6) is 0 Å². The summed E-state index contributed by atoms with van der Waals surface area (Å²) in [7, 11) is 0. The highest BCUT2D eigenvalue weighted by Crippen LogP contribution is 2.39. The van der Waals surface area contributed by atoms with Gasteiger partial charge in [0.15, 0.2) is 5.69 Å². The number of aromatic carboxylic acids is 1. The number of hydrogen-bond donors (Lipinski definition) is 4. The van der Waals surface area contributed by atoms with Crippen LogP contribution in [0.4, 0.5) is 17.2 Å². The van der Waals surface area contributed by atoms with E-state index in [9.17, 15) is 15.0 Å². The van der Waals surface area contributed by atoms with Crippen LogP contribution in [0.25, 0.3) is 0 Å². The number of para-hydroxylation sites is 1. The Morgan fingerprint density at radius 1 is 1.16 bits per heavy atom. The van der Waals surface area contributed by atoms with Gasteiger partial charge in [-0.25, -0.2) is 9.78 Å². The van der Waals surface area contributed by atoms with E-state index in [1.807, 2.05) is 44.2 Å². The molecule has 1 aliphatic heterocycles. The molecule has 4 rings (SSSR count). The van der Waals surface area contributed by atoms with E-state index in [1.54, 1.807) is 6.07 Å². The molecule has 0 radical (unpaired) electrons. The predicted octanol–water partition coefficient (Wildman–Crippen LogP) is 4.68. The Balaban J connectivity index is 1.76. The predicted molar refractivity (Wildman–Crippen MR) is 126 cm³/mol. The summed E-state index contributed by atoms with van der Waals surface area (Å²) in [5.74, 6) is -0.296. The number of aromatic nitrogens is 1. The third-order valence-corrected chi connectivity index (χ3v) is 6.87. The fourth-order valence-electron chi connectivity index (χ4n) is 4.63. The number of hydrogen-bond acceptors (Lipinski definition) is 6. The van der Waals surface area contributed by atoms with E-state index in [-0.39, 0.29) is 17.5 Å². The average molecular weight is 437 g/mol. The molecule has 7 heteroatoms. The lowest BCUT2D eigenvalue weighted by atomic mass is 9.78. The first-order valence-electron chi connectivity index (χ1n) is 11.4. The van der Waals surface area contributed by atoms with Crippen molar-refractivity contribution in [3.63, 3.8) is 0 Å². The summed E-state index contributed by atoms with van der Waals surface area (Å²) in [4.78, 5) is 18.5. The summed E-state index contributed by atoms with van der Waals surface area (Å²) < 4.78 is 0. The number of aliphatic hydroxyl groups is 1. The fourth-order valence-corrected chi connectivity index (χ4v) is 4.63. The quantitative estimate of drug-likeness (QED) is 0.469. The maximum absolute atomic E-state index is 11.9. The van der Waals surface area contributed by atoms with Crippen molar-refractivity contribution in [2.24, 2.45) is 11.8 Å². The summed E-state index contributed by atoms with van der Waals surface area (Å²) in [6.45, 7) is 5.10. The monoisotopic (exact) mass is 436 g/mol. The Kier molecular flexibility index (Phi) is 6.20. The van der Waals surface area contributed by atoms with Gasteiger partial charge in [-0.15, -0.1) is 0 Å². The Bertz CT molecular complexity index is 988. The first kappa shape index (κ1) is 22.3. The van der Waals surface area contributed by atoms with Crippen LogP contribution in [0, 0.1) is 17.2 Å². The van der Waals surface area contributed by atoms with Crippen LogP contribution in [-0.4, -0.2) is 45.6 Å².